The summed E-state index contributed by atoms with van der Waals surface area (Å²) in [4.78, 5) is 12.3. The number of rotatable bonds is 6. The first kappa shape index (κ1) is 17.1. The van der Waals surface area contributed by atoms with Gasteiger partial charge in [0.15, 0.2) is 11.5 Å². The Labute approximate surface area is 146 Å². The molecule has 1 heterocycles. The van der Waals surface area contributed by atoms with Crippen LogP contribution in [0.2, 0.25) is 0 Å². The number of fused-ring (bicyclic) bond motifs is 1. The van der Waals surface area contributed by atoms with E-state index in [1.54, 1.807) is 24.3 Å². The Kier molecular flexibility index (Phi) is 5.09. The van der Waals surface area contributed by atoms with Crippen LogP contribution in [0, 0.1) is 0 Å². The second-order valence-corrected chi connectivity index (χ2v) is 6.28. The zero-order valence-corrected chi connectivity index (χ0v) is 14.1. The van der Waals surface area contributed by atoms with Crippen molar-refractivity contribution in [2.24, 2.45) is 5.73 Å². The highest BCUT2D eigenvalue weighted by atomic mass is 16.7. The van der Waals surface area contributed by atoms with Crippen molar-refractivity contribution in [3.05, 3.63) is 53.6 Å². The standard InChI is InChI=1S/C19H22N2O4/c1-12(8-14-4-7-17-18(10-14)25-11-24-17)21-19(23)16(20)9-13-2-5-15(22)6-3-13/h2-7,10,12,16,22H,8-9,11,20H2,1H3,(H,21,23). The van der Waals surface area contributed by atoms with Gasteiger partial charge in [-0.15, -0.1) is 0 Å². The molecule has 1 amide bonds. The molecule has 0 radical (unpaired) electrons. The van der Waals surface area contributed by atoms with E-state index >= 15 is 0 Å². The Balaban J connectivity index is 1.52. The summed E-state index contributed by atoms with van der Waals surface area (Å²) >= 11 is 0. The summed E-state index contributed by atoms with van der Waals surface area (Å²) in [5.74, 6) is 1.48. The lowest BCUT2D eigenvalue weighted by atomic mass is 10.0. The van der Waals surface area contributed by atoms with Gasteiger partial charge in [-0.1, -0.05) is 18.2 Å². The molecule has 1 aliphatic rings. The number of nitrogens with two attached hydrogens (primary N) is 1. The minimum atomic E-state index is -0.635. The van der Waals surface area contributed by atoms with Crippen LogP contribution in [0.15, 0.2) is 42.5 Å². The maximum Gasteiger partial charge on any atom is 0.237 e. The van der Waals surface area contributed by atoms with Crippen molar-refractivity contribution in [2.75, 3.05) is 6.79 Å². The number of carbonyl (C=O) groups is 1. The molecule has 2 aromatic rings. The molecule has 2 unspecified atom stereocenters. The maximum atomic E-state index is 12.3. The second-order valence-electron chi connectivity index (χ2n) is 6.28. The minimum absolute atomic E-state index is 0.0567. The van der Waals surface area contributed by atoms with Gasteiger partial charge in [0.1, 0.15) is 5.75 Å². The first-order chi connectivity index (χ1) is 12.0. The third-order valence-electron chi connectivity index (χ3n) is 4.10. The van der Waals surface area contributed by atoms with Gasteiger partial charge in [-0.3, -0.25) is 4.79 Å². The van der Waals surface area contributed by atoms with Gasteiger partial charge in [-0.2, -0.15) is 0 Å². The molecule has 4 N–H and O–H groups in total. The lowest BCUT2D eigenvalue weighted by Gasteiger charge is -2.18. The molecule has 25 heavy (non-hydrogen) atoms. The molecule has 2 aromatic carbocycles. The van der Waals surface area contributed by atoms with Crippen LogP contribution in [0.4, 0.5) is 0 Å². The van der Waals surface area contributed by atoms with Gasteiger partial charge in [-0.05, 0) is 55.2 Å². The van der Waals surface area contributed by atoms with Crippen molar-refractivity contribution in [1.82, 2.24) is 5.32 Å². The monoisotopic (exact) mass is 342 g/mol. The van der Waals surface area contributed by atoms with Gasteiger partial charge in [0, 0.05) is 6.04 Å². The van der Waals surface area contributed by atoms with Crippen LogP contribution in [0.1, 0.15) is 18.1 Å². The lowest BCUT2D eigenvalue weighted by molar-refractivity contribution is -0.122. The highest BCUT2D eigenvalue weighted by Gasteiger charge is 2.18. The van der Waals surface area contributed by atoms with Gasteiger partial charge < -0.3 is 25.6 Å². The van der Waals surface area contributed by atoms with E-state index in [9.17, 15) is 9.90 Å². The van der Waals surface area contributed by atoms with E-state index in [1.165, 1.54) is 0 Å². The molecule has 3 rings (SSSR count). The zero-order chi connectivity index (χ0) is 17.8. The fraction of sp³-hybridized carbons (Fsp3) is 0.316. The number of hydrogen-bond donors (Lipinski definition) is 3. The van der Waals surface area contributed by atoms with E-state index in [0.29, 0.717) is 12.8 Å². The molecule has 2 atom stereocenters. The molecule has 6 heteroatoms. The minimum Gasteiger partial charge on any atom is -0.508 e. The Morgan fingerprint density at radius 3 is 2.56 bits per heavy atom. The first-order valence-electron chi connectivity index (χ1n) is 8.23. The van der Waals surface area contributed by atoms with Crippen LogP contribution in [0.25, 0.3) is 0 Å². The first-order valence-corrected chi connectivity index (χ1v) is 8.23. The summed E-state index contributed by atoms with van der Waals surface area (Å²) < 4.78 is 10.7. The molecule has 0 saturated heterocycles. The van der Waals surface area contributed by atoms with Crippen molar-refractivity contribution >= 4 is 5.91 Å². The molecule has 0 saturated carbocycles. The number of aromatic hydroxyl groups is 1. The van der Waals surface area contributed by atoms with Crippen LogP contribution in [0.5, 0.6) is 17.2 Å². The molecule has 0 aliphatic carbocycles. The van der Waals surface area contributed by atoms with Gasteiger partial charge in [-0.25, -0.2) is 0 Å². The van der Waals surface area contributed by atoms with Gasteiger partial charge in [0.25, 0.3) is 0 Å². The topological polar surface area (TPSA) is 93.8 Å². The van der Waals surface area contributed by atoms with Crippen LogP contribution >= 0.6 is 0 Å². The van der Waals surface area contributed by atoms with E-state index in [0.717, 1.165) is 22.6 Å². The van der Waals surface area contributed by atoms with E-state index in [-0.39, 0.29) is 24.5 Å². The predicted molar refractivity (Wildman–Crippen MR) is 93.7 cm³/mol. The largest absolute Gasteiger partial charge is 0.508 e. The predicted octanol–water partition coefficient (Wildman–Crippen LogP) is 1.74. The average molecular weight is 342 g/mol. The number of nitrogens with one attached hydrogen (secondary N) is 1. The Morgan fingerprint density at radius 1 is 1.12 bits per heavy atom. The van der Waals surface area contributed by atoms with Gasteiger partial charge in [0.05, 0.1) is 6.04 Å². The quantitative estimate of drug-likeness (QED) is 0.743. The number of phenolic OH excluding ortho intramolecular Hbond substituents is 1. The third kappa shape index (κ3) is 4.42. The summed E-state index contributed by atoms with van der Waals surface area (Å²) in [6, 6.07) is 11.8. The number of amides is 1. The van der Waals surface area contributed by atoms with E-state index in [4.69, 9.17) is 15.2 Å². The Bertz CT molecular complexity index is 746. The van der Waals surface area contributed by atoms with Gasteiger partial charge >= 0.3 is 0 Å². The summed E-state index contributed by atoms with van der Waals surface area (Å²) in [7, 11) is 0. The molecule has 1 aliphatic heterocycles. The third-order valence-corrected chi connectivity index (χ3v) is 4.10. The SMILES string of the molecule is CC(Cc1ccc2c(c1)OCO2)NC(=O)C(N)Cc1ccc(O)cc1. The summed E-state index contributed by atoms with van der Waals surface area (Å²) in [6.07, 6.45) is 1.09. The van der Waals surface area contributed by atoms with Crippen molar-refractivity contribution < 1.29 is 19.4 Å². The highest BCUT2D eigenvalue weighted by Crippen LogP contribution is 2.32. The molecule has 0 spiro atoms. The molecular formula is C19H22N2O4. The van der Waals surface area contributed by atoms with Crippen LogP contribution < -0.4 is 20.5 Å². The highest BCUT2D eigenvalue weighted by molar-refractivity contribution is 5.82. The number of benzene rings is 2. The number of carbonyl (C=O) groups excluding carboxylic acids is 1. The fourth-order valence-electron chi connectivity index (χ4n) is 2.80. The molecule has 0 fully saturated rings. The zero-order valence-electron chi connectivity index (χ0n) is 14.1. The fourth-order valence-corrected chi connectivity index (χ4v) is 2.80. The molecule has 132 valence electrons. The Hall–Kier alpha value is -2.73. The summed E-state index contributed by atoms with van der Waals surface area (Å²) in [5, 5.41) is 12.2. The second kappa shape index (κ2) is 7.44. The van der Waals surface area contributed by atoms with Crippen molar-refractivity contribution in [3.8, 4) is 17.2 Å². The van der Waals surface area contributed by atoms with E-state index < -0.39 is 6.04 Å². The molecule has 6 nitrogen and oxygen atoms in total. The molecule has 0 aromatic heterocycles. The Morgan fingerprint density at radius 2 is 1.80 bits per heavy atom. The smallest absolute Gasteiger partial charge is 0.237 e. The van der Waals surface area contributed by atoms with E-state index in [1.807, 2.05) is 25.1 Å². The lowest BCUT2D eigenvalue weighted by Crippen LogP contribution is -2.46. The number of phenols is 1. The van der Waals surface area contributed by atoms with Crippen LogP contribution in [-0.4, -0.2) is 29.9 Å². The molecular weight excluding hydrogens is 320 g/mol. The van der Waals surface area contributed by atoms with Crippen molar-refractivity contribution in [2.45, 2.75) is 31.8 Å². The van der Waals surface area contributed by atoms with E-state index in [2.05, 4.69) is 5.32 Å². The van der Waals surface area contributed by atoms with Crippen molar-refractivity contribution in [1.29, 1.82) is 0 Å². The van der Waals surface area contributed by atoms with Gasteiger partial charge in [0.2, 0.25) is 12.7 Å². The number of ether oxygens (including phenoxy) is 2. The maximum absolute atomic E-state index is 12.3. The van der Waals surface area contributed by atoms with Crippen LogP contribution in [-0.2, 0) is 17.6 Å². The summed E-state index contributed by atoms with van der Waals surface area (Å²) in [6.45, 7) is 2.19. The average Bonchev–Trinajstić information content (AvgIpc) is 3.04. The van der Waals surface area contributed by atoms with Crippen molar-refractivity contribution in [3.63, 3.8) is 0 Å². The normalized spacial score (nSPS) is 14.8. The van der Waals surface area contributed by atoms with Crippen LogP contribution in [0.3, 0.4) is 0 Å². The number of hydrogen-bond acceptors (Lipinski definition) is 5. The summed E-state index contributed by atoms with van der Waals surface area (Å²) in [5.41, 5.74) is 7.96. The molecule has 0 bridgehead atoms.